The Hall–Kier alpha value is -2.49. The number of hydrogen-bond donors (Lipinski definition) is 3. The van der Waals surface area contributed by atoms with Crippen molar-refractivity contribution in [3.8, 4) is 5.75 Å². The molecule has 0 aliphatic heterocycles. The van der Waals surface area contributed by atoms with E-state index in [0.29, 0.717) is 11.4 Å². The predicted octanol–water partition coefficient (Wildman–Crippen LogP) is 2.18. The molecule has 0 aromatic heterocycles. The number of nitrogens with one attached hydrogen (secondary N) is 2. The smallest absolute Gasteiger partial charge is 0.160 e. The topological polar surface area (TPSA) is 71.1 Å². The van der Waals surface area contributed by atoms with Crippen LogP contribution in [0.1, 0.15) is 5.56 Å². The largest absolute Gasteiger partial charge is 0.399 e. The van der Waals surface area contributed by atoms with Crippen LogP contribution in [-0.4, -0.2) is 5.84 Å². The highest BCUT2D eigenvalue weighted by atomic mass is 16.6. The Labute approximate surface area is 99.5 Å². The second-order valence-corrected chi connectivity index (χ2v) is 3.51. The van der Waals surface area contributed by atoms with Crippen LogP contribution in [0.3, 0.4) is 0 Å². The molecule has 86 valence electrons. The van der Waals surface area contributed by atoms with Crippen molar-refractivity contribution in [1.82, 2.24) is 5.48 Å². The lowest BCUT2D eigenvalue weighted by molar-refractivity contribution is 0.262. The third kappa shape index (κ3) is 2.98. The predicted molar refractivity (Wildman–Crippen MR) is 67.9 cm³/mol. The fourth-order valence-electron chi connectivity index (χ4n) is 1.31. The van der Waals surface area contributed by atoms with E-state index in [-0.39, 0.29) is 5.84 Å². The molecule has 0 aliphatic carbocycles. The molecule has 2 rings (SSSR count). The molecule has 0 fully saturated rings. The van der Waals surface area contributed by atoms with Gasteiger partial charge in [-0.3, -0.25) is 5.41 Å². The van der Waals surface area contributed by atoms with Gasteiger partial charge in [-0.25, -0.2) is 5.48 Å². The Morgan fingerprint density at radius 2 is 1.65 bits per heavy atom. The summed E-state index contributed by atoms with van der Waals surface area (Å²) >= 11 is 0. The average Bonchev–Trinajstić information content (AvgIpc) is 2.38. The van der Waals surface area contributed by atoms with Gasteiger partial charge in [0.05, 0.1) is 0 Å². The van der Waals surface area contributed by atoms with Crippen LogP contribution in [0, 0.1) is 5.41 Å². The van der Waals surface area contributed by atoms with E-state index >= 15 is 0 Å². The van der Waals surface area contributed by atoms with Crippen LogP contribution in [0.25, 0.3) is 0 Å². The Balaban J connectivity index is 1.96. The minimum Gasteiger partial charge on any atom is -0.399 e. The van der Waals surface area contributed by atoms with Crippen LogP contribution in [0.5, 0.6) is 5.75 Å². The number of nitrogens with two attached hydrogens (primary N) is 1. The summed E-state index contributed by atoms with van der Waals surface area (Å²) in [5, 5.41) is 7.77. The van der Waals surface area contributed by atoms with Gasteiger partial charge >= 0.3 is 0 Å². The second-order valence-electron chi connectivity index (χ2n) is 3.51. The van der Waals surface area contributed by atoms with Crippen LogP contribution in [0.2, 0.25) is 0 Å². The third-order valence-corrected chi connectivity index (χ3v) is 2.21. The molecule has 0 amide bonds. The van der Waals surface area contributed by atoms with Gasteiger partial charge in [-0.05, 0) is 36.4 Å². The van der Waals surface area contributed by atoms with Crippen molar-refractivity contribution in [2.75, 3.05) is 5.73 Å². The number of para-hydroxylation sites is 1. The van der Waals surface area contributed by atoms with Crippen molar-refractivity contribution in [2.24, 2.45) is 0 Å². The maximum atomic E-state index is 7.77. The molecule has 0 saturated carbocycles. The zero-order valence-electron chi connectivity index (χ0n) is 9.18. The van der Waals surface area contributed by atoms with E-state index in [1.807, 2.05) is 30.3 Å². The Bertz CT molecular complexity index is 494. The van der Waals surface area contributed by atoms with Crippen molar-refractivity contribution in [3.63, 3.8) is 0 Å². The van der Waals surface area contributed by atoms with Gasteiger partial charge in [0.15, 0.2) is 11.6 Å². The van der Waals surface area contributed by atoms with Gasteiger partial charge in [0.25, 0.3) is 0 Å². The third-order valence-electron chi connectivity index (χ3n) is 2.21. The summed E-state index contributed by atoms with van der Waals surface area (Å²) in [7, 11) is 0. The van der Waals surface area contributed by atoms with Gasteiger partial charge in [-0.2, -0.15) is 0 Å². The average molecular weight is 227 g/mol. The molecule has 0 spiro atoms. The summed E-state index contributed by atoms with van der Waals surface area (Å²) in [6.45, 7) is 0. The van der Waals surface area contributed by atoms with Gasteiger partial charge in [-0.1, -0.05) is 18.2 Å². The summed E-state index contributed by atoms with van der Waals surface area (Å²) in [4.78, 5) is 5.25. The number of hydrogen-bond acceptors (Lipinski definition) is 3. The number of anilines is 1. The zero-order chi connectivity index (χ0) is 12.1. The first-order chi connectivity index (χ1) is 8.25. The second kappa shape index (κ2) is 5.03. The van der Waals surface area contributed by atoms with E-state index in [9.17, 15) is 0 Å². The Morgan fingerprint density at radius 3 is 2.29 bits per heavy atom. The fourth-order valence-corrected chi connectivity index (χ4v) is 1.31. The van der Waals surface area contributed by atoms with Gasteiger partial charge in [-0.15, -0.1) is 0 Å². The maximum absolute atomic E-state index is 7.77. The highest BCUT2D eigenvalue weighted by molar-refractivity contribution is 5.95. The Morgan fingerprint density at radius 1 is 1.00 bits per heavy atom. The first-order valence-corrected chi connectivity index (χ1v) is 5.18. The Kier molecular flexibility index (Phi) is 3.25. The summed E-state index contributed by atoms with van der Waals surface area (Å²) < 4.78 is 0. The minimum absolute atomic E-state index is 0.189. The van der Waals surface area contributed by atoms with Gasteiger partial charge in [0, 0.05) is 11.3 Å². The summed E-state index contributed by atoms with van der Waals surface area (Å²) in [5.41, 5.74) is 9.54. The van der Waals surface area contributed by atoms with E-state index in [1.165, 1.54) is 0 Å². The molecule has 0 saturated heterocycles. The molecule has 0 radical (unpaired) electrons. The van der Waals surface area contributed by atoms with E-state index in [4.69, 9.17) is 16.0 Å². The first kappa shape index (κ1) is 11.0. The van der Waals surface area contributed by atoms with E-state index in [1.54, 1.807) is 24.3 Å². The molecule has 17 heavy (non-hydrogen) atoms. The van der Waals surface area contributed by atoms with E-state index < -0.39 is 0 Å². The quantitative estimate of drug-likeness (QED) is 0.326. The van der Waals surface area contributed by atoms with Crippen LogP contribution in [-0.2, 0) is 0 Å². The molecule has 0 unspecified atom stereocenters. The fraction of sp³-hybridized carbons (Fsp3) is 0. The van der Waals surface area contributed by atoms with Crippen LogP contribution >= 0.6 is 0 Å². The van der Waals surface area contributed by atoms with Crippen molar-refractivity contribution >= 4 is 11.5 Å². The molecule has 2 aromatic carbocycles. The van der Waals surface area contributed by atoms with Crippen molar-refractivity contribution in [3.05, 3.63) is 60.2 Å². The lowest BCUT2D eigenvalue weighted by atomic mass is 10.2. The van der Waals surface area contributed by atoms with Crippen molar-refractivity contribution in [1.29, 1.82) is 5.41 Å². The standard InChI is InChI=1S/C13H13N3O/c14-11-8-6-10(7-9-11)13(15)16-17-12-4-2-1-3-5-12/h1-9H,14H2,(H2,15,16). The molecule has 0 aliphatic rings. The van der Waals surface area contributed by atoms with Crippen LogP contribution < -0.4 is 16.1 Å². The van der Waals surface area contributed by atoms with Crippen LogP contribution in [0.15, 0.2) is 54.6 Å². The SMILES string of the molecule is N=C(NOc1ccccc1)c1ccc(N)cc1. The molecule has 0 bridgehead atoms. The lowest BCUT2D eigenvalue weighted by Crippen LogP contribution is -2.26. The normalized spacial score (nSPS) is 9.65. The summed E-state index contributed by atoms with van der Waals surface area (Å²) in [6.07, 6.45) is 0. The van der Waals surface area contributed by atoms with Crippen molar-refractivity contribution in [2.45, 2.75) is 0 Å². The van der Waals surface area contributed by atoms with Crippen molar-refractivity contribution < 1.29 is 4.84 Å². The van der Waals surface area contributed by atoms with Gasteiger partial charge in [0.1, 0.15) is 0 Å². The molecular formula is C13H13N3O. The van der Waals surface area contributed by atoms with E-state index in [2.05, 4.69) is 5.48 Å². The number of amidine groups is 1. The number of hydroxylamine groups is 1. The monoisotopic (exact) mass is 227 g/mol. The molecule has 4 N–H and O–H groups in total. The molecular weight excluding hydrogens is 214 g/mol. The highest BCUT2D eigenvalue weighted by Crippen LogP contribution is 2.08. The molecule has 0 atom stereocenters. The summed E-state index contributed by atoms with van der Waals surface area (Å²) in [6, 6.07) is 16.3. The first-order valence-electron chi connectivity index (χ1n) is 5.18. The van der Waals surface area contributed by atoms with Gasteiger partial charge < -0.3 is 10.6 Å². The number of benzene rings is 2. The molecule has 4 heteroatoms. The van der Waals surface area contributed by atoms with E-state index in [0.717, 1.165) is 5.56 Å². The number of rotatable bonds is 3. The molecule has 2 aromatic rings. The lowest BCUT2D eigenvalue weighted by Gasteiger charge is -2.09. The van der Waals surface area contributed by atoms with Gasteiger partial charge in [0.2, 0.25) is 0 Å². The maximum Gasteiger partial charge on any atom is 0.160 e. The zero-order valence-corrected chi connectivity index (χ0v) is 9.18. The molecule has 4 nitrogen and oxygen atoms in total. The highest BCUT2D eigenvalue weighted by Gasteiger charge is 2.01. The minimum atomic E-state index is 0.189. The number of nitrogen functional groups attached to an aromatic ring is 1. The summed E-state index contributed by atoms with van der Waals surface area (Å²) in [5.74, 6) is 0.849. The van der Waals surface area contributed by atoms with Crippen LogP contribution in [0.4, 0.5) is 5.69 Å². The molecule has 0 heterocycles.